The van der Waals surface area contributed by atoms with Crippen molar-refractivity contribution in [1.29, 1.82) is 5.26 Å². The number of amides is 1. The fourth-order valence-corrected chi connectivity index (χ4v) is 1.30. The van der Waals surface area contributed by atoms with Crippen LogP contribution in [0.15, 0.2) is 18.2 Å². The number of halogens is 1. The van der Waals surface area contributed by atoms with Crippen molar-refractivity contribution in [2.75, 3.05) is 13.2 Å². The molecule has 0 radical (unpaired) electrons. The number of ether oxygens (including phenoxy) is 1. The van der Waals surface area contributed by atoms with Crippen molar-refractivity contribution in [1.82, 2.24) is 5.32 Å². The minimum Gasteiger partial charge on any atom is -0.483 e. The number of nitrogens with zero attached hydrogens (tertiary/aromatic N) is 1. The van der Waals surface area contributed by atoms with Crippen LogP contribution in [0.5, 0.6) is 5.75 Å². The fraction of sp³-hybridized carbons (Fsp3) is 0.182. The highest BCUT2D eigenvalue weighted by Gasteiger charge is 2.08. The van der Waals surface area contributed by atoms with Gasteiger partial charge in [-0.3, -0.25) is 9.59 Å². The van der Waals surface area contributed by atoms with E-state index in [0.29, 0.717) is 6.29 Å². The van der Waals surface area contributed by atoms with Crippen LogP contribution in [0.2, 0.25) is 5.02 Å². The number of rotatable bonds is 5. The van der Waals surface area contributed by atoms with Gasteiger partial charge < -0.3 is 10.1 Å². The largest absolute Gasteiger partial charge is 0.483 e. The Morgan fingerprint density at radius 1 is 1.59 bits per heavy atom. The number of carbonyl (C=O) groups is 2. The Hall–Kier alpha value is -2.06. The van der Waals surface area contributed by atoms with Crippen LogP contribution in [0.1, 0.15) is 10.4 Å². The van der Waals surface area contributed by atoms with Gasteiger partial charge in [-0.15, -0.1) is 0 Å². The predicted octanol–water partition coefficient (Wildman–Crippen LogP) is 1.17. The molecule has 1 N–H and O–H groups in total. The van der Waals surface area contributed by atoms with Gasteiger partial charge in [0, 0.05) is 0 Å². The van der Waals surface area contributed by atoms with Gasteiger partial charge in [-0.05, 0) is 12.1 Å². The van der Waals surface area contributed by atoms with Crippen molar-refractivity contribution < 1.29 is 14.3 Å². The maximum absolute atomic E-state index is 11.2. The highest BCUT2D eigenvalue weighted by Crippen LogP contribution is 2.24. The van der Waals surface area contributed by atoms with Gasteiger partial charge in [0.1, 0.15) is 12.3 Å². The number of carbonyl (C=O) groups excluding carboxylic acids is 2. The molecular weight excluding hydrogens is 244 g/mol. The normalized spacial score (nSPS) is 9.18. The molecule has 17 heavy (non-hydrogen) atoms. The van der Waals surface area contributed by atoms with E-state index in [1.165, 1.54) is 6.07 Å². The van der Waals surface area contributed by atoms with Crippen LogP contribution < -0.4 is 10.1 Å². The molecule has 1 aromatic carbocycles. The van der Waals surface area contributed by atoms with Crippen molar-refractivity contribution in [3.63, 3.8) is 0 Å². The van der Waals surface area contributed by atoms with E-state index in [1.807, 2.05) is 0 Å². The summed E-state index contributed by atoms with van der Waals surface area (Å²) in [5.41, 5.74) is 0.197. The zero-order chi connectivity index (χ0) is 12.7. The zero-order valence-electron chi connectivity index (χ0n) is 8.77. The minimum absolute atomic E-state index is 0.0850. The molecule has 0 aromatic heterocycles. The molecule has 0 fully saturated rings. The second-order valence-corrected chi connectivity index (χ2v) is 3.40. The molecular formula is C11H9ClN2O3. The van der Waals surface area contributed by atoms with Gasteiger partial charge >= 0.3 is 0 Å². The summed E-state index contributed by atoms with van der Waals surface area (Å²) in [5, 5.41) is 10.8. The van der Waals surface area contributed by atoms with Crippen LogP contribution in [0, 0.1) is 11.3 Å². The standard InChI is InChI=1S/C11H9ClN2O3/c12-9-2-1-3-10(8(9)6-15)17-7-11(16)14-5-4-13/h1-3,6H,5,7H2,(H,14,16). The van der Waals surface area contributed by atoms with Crippen molar-refractivity contribution >= 4 is 23.8 Å². The third-order valence-electron chi connectivity index (χ3n) is 1.85. The van der Waals surface area contributed by atoms with Crippen LogP contribution >= 0.6 is 11.6 Å². The third kappa shape index (κ3) is 3.78. The lowest BCUT2D eigenvalue weighted by atomic mass is 10.2. The number of hydrogen-bond donors (Lipinski definition) is 1. The summed E-state index contributed by atoms with van der Waals surface area (Å²) in [6, 6.07) is 6.46. The molecule has 0 heterocycles. The van der Waals surface area contributed by atoms with Gasteiger partial charge in [0.2, 0.25) is 0 Å². The average molecular weight is 253 g/mol. The summed E-state index contributed by atoms with van der Waals surface area (Å²) < 4.78 is 5.13. The molecule has 0 aliphatic heterocycles. The maximum atomic E-state index is 11.2. The number of aldehydes is 1. The molecule has 0 bridgehead atoms. The van der Waals surface area contributed by atoms with E-state index in [4.69, 9.17) is 21.6 Å². The highest BCUT2D eigenvalue weighted by atomic mass is 35.5. The first-order valence-electron chi connectivity index (χ1n) is 4.69. The molecule has 6 heteroatoms. The highest BCUT2D eigenvalue weighted by molar-refractivity contribution is 6.33. The van der Waals surface area contributed by atoms with E-state index in [9.17, 15) is 9.59 Å². The molecule has 0 aliphatic carbocycles. The molecule has 0 saturated heterocycles. The Labute approximate surface area is 103 Å². The molecule has 1 rings (SSSR count). The summed E-state index contributed by atoms with van der Waals surface area (Å²) in [6.07, 6.45) is 0.560. The van der Waals surface area contributed by atoms with E-state index in [0.717, 1.165) is 0 Å². The van der Waals surface area contributed by atoms with E-state index >= 15 is 0 Å². The monoisotopic (exact) mass is 252 g/mol. The van der Waals surface area contributed by atoms with Crippen LogP contribution in [0.4, 0.5) is 0 Å². The first kappa shape index (κ1) is 13.0. The summed E-state index contributed by atoms with van der Waals surface area (Å²) in [4.78, 5) is 21.9. The summed E-state index contributed by atoms with van der Waals surface area (Å²) >= 11 is 5.77. The molecule has 0 saturated carbocycles. The second-order valence-electron chi connectivity index (χ2n) is 2.99. The van der Waals surface area contributed by atoms with Gasteiger partial charge in [-0.25, -0.2) is 0 Å². The van der Waals surface area contributed by atoms with E-state index in [1.54, 1.807) is 18.2 Å². The van der Waals surface area contributed by atoms with Crippen molar-refractivity contribution in [2.24, 2.45) is 0 Å². The molecule has 0 spiro atoms. The van der Waals surface area contributed by atoms with Crippen molar-refractivity contribution in [3.8, 4) is 11.8 Å². The van der Waals surface area contributed by atoms with Gasteiger partial charge in [0.05, 0.1) is 16.7 Å². The molecule has 1 aromatic rings. The smallest absolute Gasteiger partial charge is 0.258 e. The van der Waals surface area contributed by atoms with Gasteiger partial charge in [0.25, 0.3) is 5.91 Å². The lowest BCUT2D eigenvalue weighted by molar-refractivity contribution is -0.122. The Kier molecular flexibility index (Phi) is 4.98. The first-order chi connectivity index (χ1) is 8.19. The Morgan fingerprint density at radius 2 is 2.35 bits per heavy atom. The summed E-state index contributed by atoms with van der Waals surface area (Å²) in [5.74, 6) is -0.206. The summed E-state index contributed by atoms with van der Waals surface area (Å²) in [6.45, 7) is -0.360. The minimum atomic E-state index is -0.441. The van der Waals surface area contributed by atoms with Crippen LogP contribution in [-0.4, -0.2) is 25.3 Å². The molecule has 5 nitrogen and oxygen atoms in total. The molecule has 0 atom stereocenters. The number of nitriles is 1. The average Bonchev–Trinajstić information content (AvgIpc) is 2.33. The molecule has 88 valence electrons. The topological polar surface area (TPSA) is 79.2 Å². The lowest BCUT2D eigenvalue weighted by Crippen LogP contribution is -2.29. The molecule has 1 amide bonds. The predicted molar refractivity (Wildman–Crippen MR) is 61.0 cm³/mol. The molecule has 0 aliphatic rings. The number of benzene rings is 1. The van der Waals surface area contributed by atoms with Crippen LogP contribution in [0.3, 0.4) is 0 Å². The number of hydrogen-bond acceptors (Lipinski definition) is 4. The SMILES string of the molecule is N#CCNC(=O)COc1cccc(Cl)c1C=O. The van der Waals surface area contributed by atoms with Gasteiger partial charge in [-0.1, -0.05) is 17.7 Å². The second kappa shape index (κ2) is 6.51. The Morgan fingerprint density at radius 3 is 3.00 bits per heavy atom. The number of nitrogens with one attached hydrogen (secondary N) is 1. The Bertz CT molecular complexity index is 468. The summed E-state index contributed by atoms with van der Waals surface area (Å²) in [7, 11) is 0. The van der Waals surface area contributed by atoms with Crippen LogP contribution in [0.25, 0.3) is 0 Å². The Balaban J connectivity index is 2.64. The van der Waals surface area contributed by atoms with E-state index in [-0.39, 0.29) is 29.5 Å². The maximum Gasteiger partial charge on any atom is 0.258 e. The third-order valence-corrected chi connectivity index (χ3v) is 2.18. The van der Waals surface area contributed by atoms with Crippen molar-refractivity contribution in [2.45, 2.75) is 0 Å². The molecule has 0 unspecified atom stereocenters. The lowest BCUT2D eigenvalue weighted by Gasteiger charge is -2.08. The van der Waals surface area contributed by atoms with E-state index in [2.05, 4.69) is 5.32 Å². The van der Waals surface area contributed by atoms with Gasteiger partial charge in [0.15, 0.2) is 12.9 Å². The first-order valence-corrected chi connectivity index (χ1v) is 5.07. The quantitative estimate of drug-likeness (QED) is 0.630. The fourth-order valence-electron chi connectivity index (χ4n) is 1.09. The van der Waals surface area contributed by atoms with E-state index < -0.39 is 5.91 Å². The van der Waals surface area contributed by atoms with Gasteiger partial charge in [-0.2, -0.15) is 5.26 Å². The van der Waals surface area contributed by atoms with Crippen LogP contribution in [-0.2, 0) is 4.79 Å². The zero-order valence-corrected chi connectivity index (χ0v) is 9.53. The van der Waals surface area contributed by atoms with Crippen molar-refractivity contribution in [3.05, 3.63) is 28.8 Å².